The van der Waals surface area contributed by atoms with Crippen LogP contribution in [0.5, 0.6) is 5.75 Å². The fourth-order valence-corrected chi connectivity index (χ4v) is 3.47. The molecule has 2 aromatic carbocycles. The second-order valence-electron chi connectivity index (χ2n) is 6.27. The summed E-state index contributed by atoms with van der Waals surface area (Å²) < 4.78 is 5.34. The SMILES string of the molecule is COc1ccc2c(-c3ccccc3)cc(SCC(=O)NC(C)C)nc2c1. The summed E-state index contributed by atoms with van der Waals surface area (Å²) in [7, 11) is 1.65. The molecule has 3 aromatic rings. The molecule has 0 radical (unpaired) electrons. The Hall–Kier alpha value is -2.53. The maximum Gasteiger partial charge on any atom is 0.230 e. The molecule has 0 bridgehead atoms. The first-order valence-corrected chi connectivity index (χ1v) is 9.52. The van der Waals surface area contributed by atoms with Gasteiger partial charge in [0, 0.05) is 17.5 Å². The summed E-state index contributed by atoms with van der Waals surface area (Å²) in [5, 5.41) is 4.79. The van der Waals surface area contributed by atoms with E-state index in [1.54, 1.807) is 7.11 Å². The summed E-state index contributed by atoms with van der Waals surface area (Å²) in [5.41, 5.74) is 3.08. The summed E-state index contributed by atoms with van der Waals surface area (Å²) >= 11 is 1.44. The van der Waals surface area contributed by atoms with E-state index in [1.807, 2.05) is 50.2 Å². The first-order chi connectivity index (χ1) is 12.6. The van der Waals surface area contributed by atoms with Gasteiger partial charge in [0.25, 0.3) is 0 Å². The van der Waals surface area contributed by atoms with E-state index in [-0.39, 0.29) is 11.9 Å². The Bertz CT molecular complexity index is 911. The van der Waals surface area contributed by atoms with Crippen LogP contribution in [0.2, 0.25) is 0 Å². The molecule has 26 heavy (non-hydrogen) atoms. The number of carbonyl (C=O) groups is 1. The molecule has 0 fully saturated rings. The molecule has 0 aliphatic carbocycles. The molecule has 0 aliphatic heterocycles. The van der Waals surface area contributed by atoms with E-state index in [4.69, 9.17) is 9.72 Å². The number of rotatable bonds is 6. The molecule has 0 unspecified atom stereocenters. The Kier molecular flexibility index (Phi) is 5.78. The zero-order chi connectivity index (χ0) is 18.5. The third kappa shape index (κ3) is 4.35. The number of fused-ring (bicyclic) bond motifs is 1. The lowest BCUT2D eigenvalue weighted by molar-refractivity contribution is -0.119. The minimum Gasteiger partial charge on any atom is -0.497 e. The molecule has 1 amide bonds. The Labute approximate surface area is 158 Å². The number of carbonyl (C=O) groups excluding carboxylic acids is 1. The van der Waals surface area contributed by atoms with Crippen LogP contribution < -0.4 is 10.1 Å². The molecule has 1 N–H and O–H groups in total. The standard InChI is InChI=1S/C21H22N2O2S/c1-14(2)22-20(24)13-26-21-12-18(15-7-5-4-6-8-15)17-10-9-16(25-3)11-19(17)23-21/h4-12,14H,13H2,1-3H3,(H,22,24). The van der Waals surface area contributed by atoms with Crippen LogP contribution in [-0.4, -0.2) is 29.8 Å². The molecule has 1 aromatic heterocycles. The zero-order valence-corrected chi connectivity index (χ0v) is 16.0. The summed E-state index contributed by atoms with van der Waals surface area (Å²) in [6, 6.07) is 18.3. The van der Waals surface area contributed by atoms with Crippen molar-refractivity contribution in [2.45, 2.75) is 24.9 Å². The number of methoxy groups -OCH3 is 1. The summed E-state index contributed by atoms with van der Waals surface area (Å²) in [6.45, 7) is 3.91. The number of aromatic nitrogens is 1. The molecule has 5 heteroatoms. The highest BCUT2D eigenvalue weighted by molar-refractivity contribution is 7.99. The Morgan fingerprint density at radius 3 is 2.62 bits per heavy atom. The highest BCUT2D eigenvalue weighted by atomic mass is 32.2. The van der Waals surface area contributed by atoms with Crippen molar-refractivity contribution in [3.05, 3.63) is 54.6 Å². The molecule has 0 saturated carbocycles. The van der Waals surface area contributed by atoms with E-state index < -0.39 is 0 Å². The highest BCUT2D eigenvalue weighted by Crippen LogP contribution is 2.33. The number of ether oxygens (including phenoxy) is 1. The van der Waals surface area contributed by atoms with Crippen LogP contribution in [-0.2, 0) is 4.79 Å². The van der Waals surface area contributed by atoms with E-state index in [1.165, 1.54) is 11.8 Å². The molecule has 1 heterocycles. The van der Waals surface area contributed by atoms with Crippen LogP contribution in [0.25, 0.3) is 22.0 Å². The monoisotopic (exact) mass is 366 g/mol. The lowest BCUT2D eigenvalue weighted by Gasteiger charge is -2.12. The Morgan fingerprint density at radius 2 is 1.92 bits per heavy atom. The van der Waals surface area contributed by atoms with Gasteiger partial charge in [-0.05, 0) is 43.2 Å². The smallest absolute Gasteiger partial charge is 0.230 e. The molecular weight excluding hydrogens is 344 g/mol. The average Bonchev–Trinajstić information content (AvgIpc) is 2.65. The molecule has 0 atom stereocenters. The molecule has 0 aliphatic rings. The second kappa shape index (κ2) is 8.23. The van der Waals surface area contributed by atoms with Crippen molar-refractivity contribution in [2.75, 3.05) is 12.9 Å². The maximum atomic E-state index is 12.0. The maximum absolute atomic E-state index is 12.0. The number of nitrogens with one attached hydrogen (secondary N) is 1. The van der Waals surface area contributed by atoms with Crippen LogP contribution in [0.1, 0.15) is 13.8 Å². The first-order valence-electron chi connectivity index (χ1n) is 8.53. The number of pyridine rings is 1. The van der Waals surface area contributed by atoms with Gasteiger partial charge < -0.3 is 10.1 Å². The number of thioether (sulfide) groups is 1. The fraction of sp³-hybridized carbons (Fsp3) is 0.238. The van der Waals surface area contributed by atoms with Crippen LogP contribution in [0, 0.1) is 0 Å². The Morgan fingerprint density at radius 1 is 1.15 bits per heavy atom. The molecular formula is C21H22N2O2S. The zero-order valence-electron chi connectivity index (χ0n) is 15.2. The van der Waals surface area contributed by atoms with Crippen molar-refractivity contribution in [1.29, 1.82) is 0 Å². The third-order valence-corrected chi connectivity index (χ3v) is 4.79. The van der Waals surface area contributed by atoms with Gasteiger partial charge in [0.05, 0.1) is 23.4 Å². The van der Waals surface area contributed by atoms with Gasteiger partial charge in [0.15, 0.2) is 0 Å². The normalized spacial score (nSPS) is 10.9. The van der Waals surface area contributed by atoms with Crippen molar-refractivity contribution in [2.24, 2.45) is 0 Å². The van der Waals surface area contributed by atoms with Gasteiger partial charge in [-0.25, -0.2) is 4.98 Å². The van der Waals surface area contributed by atoms with Crippen molar-refractivity contribution in [3.63, 3.8) is 0 Å². The number of nitrogens with zero attached hydrogens (tertiary/aromatic N) is 1. The molecule has 134 valence electrons. The van der Waals surface area contributed by atoms with E-state index in [2.05, 4.69) is 23.5 Å². The second-order valence-corrected chi connectivity index (χ2v) is 7.26. The van der Waals surface area contributed by atoms with E-state index in [0.29, 0.717) is 5.75 Å². The summed E-state index contributed by atoms with van der Waals surface area (Å²) in [6.07, 6.45) is 0. The lowest BCUT2D eigenvalue weighted by Crippen LogP contribution is -2.31. The molecule has 0 saturated heterocycles. The minimum absolute atomic E-state index is 0.0128. The van der Waals surface area contributed by atoms with E-state index in [9.17, 15) is 4.79 Å². The predicted octanol–water partition coefficient (Wildman–Crippen LogP) is 4.53. The summed E-state index contributed by atoms with van der Waals surface area (Å²) in [4.78, 5) is 16.7. The van der Waals surface area contributed by atoms with Gasteiger partial charge in [-0.2, -0.15) is 0 Å². The third-order valence-electron chi connectivity index (χ3n) is 3.88. The number of hydrogen-bond acceptors (Lipinski definition) is 4. The van der Waals surface area contributed by atoms with Gasteiger partial charge in [-0.1, -0.05) is 42.1 Å². The largest absolute Gasteiger partial charge is 0.497 e. The van der Waals surface area contributed by atoms with Gasteiger partial charge in [0.1, 0.15) is 5.75 Å². The van der Waals surface area contributed by atoms with E-state index in [0.717, 1.165) is 32.8 Å². The fourth-order valence-electron chi connectivity index (χ4n) is 2.74. The van der Waals surface area contributed by atoms with Gasteiger partial charge in [0.2, 0.25) is 5.91 Å². The lowest BCUT2D eigenvalue weighted by atomic mass is 10.0. The number of benzene rings is 2. The molecule has 4 nitrogen and oxygen atoms in total. The average molecular weight is 366 g/mol. The topological polar surface area (TPSA) is 51.2 Å². The first kappa shape index (κ1) is 18.3. The van der Waals surface area contributed by atoms with Crippen LogP contribution in [0.15, 0.2) is 59.6 Å². The molecule has 3 rings (SSSR count). The van der Waals surface area contributed by atoms with Gasteiger partial charge >= 0.3 is 0 Å². The minimum atomic E-state index is 0.0128. The van der Waals surface area contributed by atoms with Crippen LogP contribution in [0.4, 0.5) is 0 Å². The Balaban J connectivity index is 1.99. The van der Waals surface area contributed by atoms with Crippen LogP contribution in [0.3, 0.4) is 0 Å². The highest BCUT2D eigenvalue weighted by Gasteiger charge is 2.11. The quantitative estimate of drug-likeness (QED) is 0.651. The van der Waals surface area contributed by atoms with Crippen molar-refractivity contribution in [1.82, 2.24) is 10.3 Å². The van der Waals surface area contributed by atoms with Crippen molar-refractivity contribution >= 4 is 28.6 Å². The van der Waals surface area contributed by atoms with Gasteiger partial charge in [-0.3, -0.25) is 4.79 Å². The van der Waals surface area contributed by atoms with Crippen LogP contribution >= 0.6 is 11.8 Å². The predicted molar refractivity (Wildman–Crippen MR) is 108 cm³/mol. The van der Waals surface area contributed by atoms with Crippen molar-refractivity contribution in [3.8, 4) is 16.9 Å². The van der Waals surface area contributed by atoms with E-state index >= 15 is 0 Å². The summed E-state index contributed by atoms with van der Waals surface area (Å²) in [5.74, 6) is 1.12. The molecule has 0 spiro atoms. The van der Waals surface area contributed by atoms with Gasteiger partial charge in [-0.15, -0.1) is 0 Å². The number of hydrogen-bond donors (Lipinski definition) is 1. The number of amides is 1. The van der Waals surface area contributed by atoms with Crippen molar-refractivity contribution < 1.29 is 9.53 Å².